The fraction of sp³-hybridized carbons (Fsp3) is 0.357. The SMILES string of the molecule is COc1ccc(C(C)NCc2cn[nH]c2)c(OC)c1. The molecular formula is C14H19N3O2. The van der Waals surface area contributed by atoms with E-state index in [1.54, 1.807) is 14.2 Å². The van der Waals surface area contributed by atoms with Crippen molar-refractivity contribution in [2.45, 2.75) is 19.5 Å². The predicted molar refractivity (Wildman–Crippen MR) is 73.4 cm³/mol. The van der Waals surface area contributed by atoms with Crippen LogP contribution in [0.3, 0.4) is 0 Å². The second kappa shape index (κ2) is 6.24. The van der Waals surface area contributed by atoms with Gasteiger partial charge in [0.2, 0.25) is 0 Å². The van der Waals surface area contributed by atoms with Crippen LogP contribution in [0.15, 0.2) is 30.6 Å². The van der Waals surface area contributed by atoms with Gasteiger partial charge in [-0.15, -0.1) is 0 Å². The van der Waals surface area contributed by atoms with Crippen LogP contribution in [-0.2, 0) is 6.54 Å². The molecule has 0 radical (unpaired) electrons. The molecule has 0 fully saturated rings. The molecule has 0 aliphatic carbocycles. The molecule has 1 unspecified atom stereocenters. The van der Waals surface area contributed by atoms with Gasteiger partial charge in [0.05, 0.1) is 20.4 Å². The van der Waals surface area contributed by atoms with Crippen LogP contribution >= 0.6 is 0 Å². The van der Waals surface area contributed by atoms with Gasteiger partial charge in [-0.25, -0.2) is 0 Å². The number of nitrogens with zero attached hydrogens (tertiary/aromatic N) is 1. The van der Waals surface area contributed by atoms with Crippen molar-refractivity contribution >= 4 is 0 Å². The average Bonchev–Trinajstić information content (AvgIpc) is 2.97. The zero-order chi connectivity index (χ0) is 13.7. The van der Waals surface area contributed by atoms with Crippen molar-refractivity contribution in [1.82, 2.24) is 15.5 Å². The first-order valence-electron chi connectivity index (χ1n) is 6.17. The van der Waals surface area contributed by atoms with Crippen molar-refractivity contribution in [2.75, 3.05) is 14.2 Å². The minimum absolute atomic E-state index is 0.177. The topological polar surface area (TPSA) is 59.2 Å². The van der Waals surface area contributed by atoms with Gasteiger partial charge < -0.3 is 14.8 Å². The largest absolute Gasteiger partial charge is 0.497 e. The molecule has 19 heavy (non-hydrogen) atoms. The number of ether oxygens (including phenoxy) is 2. The van der Waals surface area contributed by atoms with Crippen LogP contribution in [0.2, 0.25) is 0 Å². The fourth-order valence-corrected chi connectivity index (χ4v) is 1.93. The van der Waals surface area contributed by atoms with Crippen LogP contribution in [0.25, 0.3) is 0 Å². The Labute approximate surface area is 112 Å². The Morgan fingerprint density at radius 1 is 1.32 bits per heavy atom. The summed E-state index contributed by atoms with van der Waals surface area (Å²) in [6.07, 6.45) is 3.69. The highest BCUT2D eigenvalue weighted by atomic mass is 16.5. The molecule has 1 aromatic carbocycles. The minimum atomic E-state index is 0.177. The fourth-order valence-electron chi connectivity index (χ4n) is 1.93. The van der Waals surface area contributed by atoms with Crippen LogP contribution in [0.4, 0.5) is 0 Å². The highest BCUT2D eigenvalue weighted by Gasteiger charge is 2.12. The standard InChI is InChI=1S/C14H19N3O2/c1-10(15-7-11-8-16-17-9-11)13-5-4-12(18-2)6-14(13)19-3/h4-6,8-10,15H,7H2,1-3H3,(H,16,17). The zero-order valence-electron chi connectivity index (χ0n) is 11.4. The van der Waals surface area contributed by atoms with E-state index in [-0.39, 0.29) is 6.04 Å². The number of hydrogen-bond acceptors (Lipinski definition) is 4. The van der Waals surface area contributed by atoms with Gasteiger partial charge in [-0.1, -0.05) is 6.07 Å². The summed E-state index contributed by atoms with van der Waals surface area (Å²) in [6.45, 7) is 2.86. The van der Waals surface area contributed by atoms with Gasteiger partial charge in [-0.3, -0.25) is 5.10 Å². The van der Waals surface area contributed by atoms with Crippen LogP contribution in [0.5, 0.6) is 11.5 Å². The summed E-state index contributed by atoms with van der Waals surface area (Å²) in [5, 5.41) is 10.2. The number of nitrogens with one attached hydrogen (secondary N) is 2. The molecule has 1 aromatic heterocycles. The van der Waals surface area contributed by atoms with Crippen LogP contribution in [-0.4, -0.2) is 24.4 Å². The van der Waals surface area contributed by atoms with Gasteiger partial charge in [0, 0.05) is 36.0 Å². The Morgan fingerprint density at radius 3 is 2.79 bits per heavy atom. The van der Waals surface area contributed by atoms with Gasteiger partial charge in [0.1, 0.15) is 11.5 Å². The second-order valence-corrected chi connectivity index (χ2v) is 4.32. The van der Waals surface area contributed by atoms with E-state index in [4.69, 9.17) is 9.47 Å². The summed E-state index contributed by atoms with van der Waals surface area (Å²) >= 11 is 0. The van der Waals surface area contributed by atoms with E-state index in [1.165, 1.54) is 0 Å². The smallest absolute Gasteiger partial charge is 0.127 e. The molecular weight excluding hydrogens is 242 g/mol. The maximum atomic E-state index is 5.41. The first-order chi connectivity index (χ1) is 9.24. The molecule has 2 rings (SSSR count). The molecule has 0 saturated carbocycles. The summed E-state index contributed by atoms with van der Waals surface area (Å²) in [5.74, 6) is 1.62. The van der Waals surface area contributed by atoms with E-state index in [2.05, 4.69) is 22.4 Å². The van der Waals surface area contributed by atoms with E-state index < -0.39 is 0 Å². The number of aromatic amines is 1. The summed E-state index contributed by atoms with van der Waals surface area (Å²) in [4.78, 5) is 0. The van der Waals surface area contributed by atoms with Crippen LogP contribution < -0.4 is 14.8 Å². The van der Waals surface area contributed by atoms with Gasteiger partial charge in [0.15, 0.2) is 0 Å². The molecule has 5 heteroatoms. The normalized spacial score (nSPS) is 12.2. The monoisotopic (exact) mass is 261 g/mol. The van der Waals surface area contributed by atoms with E-state index in [1.807, 2.05) is 30.6 Å². The minimum Gasteiger partial charge on any atom is -0.497 e. The van der Waals surface area contributed by atoms with E-state index in [9.17, 15) is 0 Å². The van der Waals surface area contributed by atoms with E-state index in [0.717, 1.165) is 29.2 Å². The lowest BCUT2D eigenvalue weighted by Crippen LogP contribution is -2.18. The lowest BCUT2D eigenvalue weighted by atomic mass is 10.1. The molecule has 2 N–H and O–H groups in total. The van der Waals surface area contributed by atoms with Gasteiger partial charge in [-0.05, 0) is 13.0 Å². The third-order valence-corrected chi connectivity index (χ3v) is 3.07. The second-order valence-electron chi connectivity index (χ2n) is 4.32. The van der Waals surface area contributed by atoms with Crippen molar-refractivity contribution in [1.29, 1.82) is 0 Å². The zero-order valence-corrected chi connectivity index (χ0v) is 11.4. The summed E-state index contributed by atoms with van der Waals surface area (Å²) in [7, 11) is 3.32. The summed E-state index contributed by atoms with van der Waals surface area (Å²) in [6, 6.07) is 6.03. The van der Waals surface area contributed by atoms with Crippen LogP contribution in [0.1, 0.15) is 24.1 Å². The highest BCUT2D eigenvalue weighted by Crippen LogP contribution is 2.29. The molecule has 0 aliphatic heterocycles. The molecule has 1 atom stereocenters. The Balaban J connectivity index is 2.07. The molecule has 0 aliphatic rings. The molecule has 5 nitrogen and oxygen atoms in total. The number of benzene rings is 1. The number of methoxy groups -OCH3 is 2. The molecule has 2 aromatic rings. The third kappa shape index (κ3) is 3.26. The average molecular weight is 261 g/mol. The number of hydrogen-bond donors (Lipinski definition) is 2. The van der Waals surface area contributed by atoms with Crippen molar-refractivity contribution in [3.05, 3.63) is 41.7 Å². The lowest BCUT2D eigenvalue weighted by molar-refractivity contribution is 0.386. The maximum Gasteiger partial charge on any atom is 0.127 e. The van der Waals surface area contributed by atoms with Crippen LogP contribution in [0, 0.1) is 0 Å². The Hall–Kier alpha value is -2.01. The number of rotatable bonds is 6. The molecule has 1 heterocycles. The Kier molecular flexibility index (Phi) is 4.41. The molecule has 0 saturated heterocycles. The van der Waals surface area contributed by atoms with E-state index in [0.29, 0.717) is 0 Å². The predicted octanol–water partition coefficient (Wildman–Crippen LogP) is 2.28. The van der Waals surface area contributed by atoms with Crippen molar-refractivity contribution < 1.29 is 9.47 Å². The Morgan fingerprint density at radius 2 is 2.16 bits per heavy atom. The molecule has 0 bridgehead atoms. The molecule has 0 spiro atoms. The first kappa shape index (κ1) is 13.4. The quantitative estimate of drug-likeness (QED) is 0.837. The van der Waals surface area contributed by atoms with Gasteiger partial charge in [0.25, 0.3) is 0 Å². The Bertz CT molecular complexity index is 511. The summed E-state index contributed by atoms with van der Waals surface area (Å²) in [5.41, 5.74) is 2.23. The highest BCUT2D eigenvalue weighted by molar-refractivity contribution is 5.42. The first-order valence-corrected chi connectivity index (χ1v) is 6.17. The number of H-pyrrole nitrogens is 1. The van der Waals surface area contributed by atoms with Crippen molar-refractivity contribution in [3.8, 4) is 11.5 Å². The lowest BCUT2D eigenvalue weighted by Gasteiger charge is -2.17. The maximum absolute atomic E-state index is 5.41. The van der Waals surface area contributed by atoms with Crippen molar-refractivity contribution in [2.24, 2.45) is 0 Å². The van der Waals surface area contributed by atoms with Gasteiger partial charge in [-0.2, -0.15) is 5.10 Å². The number of aromatic nitrogens is 2. The van der Waals surface area contributed by atoms with E-state index >= 15 is 0 Å². The molecule has 0 amide bonds. The molecule has 102 valence electrons. The van der Waals surface area contributed by atoms with Gasteiger partial charge >= 0.3 is 0 Å². The van der Waals surface area contributed by atoms with Crippen molar-refractivity contribution in [3.63, 3.8) is 0 Å². The summed E-state index contributed by atoms with van der Waals surface area (Å²) < 4.78 is 10.6. The third-order valence-electron chi connectivity index (χ3n) is 3.07.